The molecule has 0 saturated carbocycles. The minimum atomic E-state index is 0.715. The van der Waals surface area contributed by atoms with E-state index in [1.807, 2.05) is 0 Å². The van der Waals surface area contributed by atoms with E-state index in [4.69, 9.17) is 0 Å². The number of para-hydroxylation sites is 1. The Morgan fingerprint density at radius 2 is 2.23 bits per heavy atom. The first-order valence-corrected chi connectivity index (χ1v) is 5.01. The number of benzene rings is 1. The smallest absolute Gasteiger partial charge is 0.0643 e. The molecule has 1 nitrogen and oxygen atoms in total. The van der Waals surface area contributed by atoms with E-state index in [-0.39, 0.29) is 0 Å². The lowest BCUT2D eigenvalue weighted by molar-refractivity contribution is 0.612. The van der Waals surface area contributed by atoms with Gasteiger partial charge in [-0.1, -0.05) is 31.2 Å². The lowest BCUT2D eigenvalue weighted by Gasteiger charge is -2.04. The van der Waals surface area contributed by atoms with Gasteiger partial charge in [-0.15, -0.1) is 0 Å². The Labute approximate surface area is 78.8 Å². The standard InChI is InChI=1S/C12H15N/c1-2-10-7-8-13-12-6-4-3-5-11(12)9-10/h3-6,9-10H,2,7-8H2,1H3. The lowest BCUT2D eigenvalue weighted by atomic mass is 10.0. The Bertz CT molecular complexity index is 392. The van der Waals surface area contributed by atoms with E-state index in [1.54, 1.807) is 0 Å². The van der Waals surface area contributed by atoms with Gasteiger partial charge in [-0.25, -0.2) is 0 Å². The first-order chi connectivity index (χ1) is 6.40. The number of hydrogen-bond donors (Lipinski definition) is 0. The van der Waals surface area contributed by atoms with Crippen LogP contribution in [0.2, 0.25) is 0 Å². The van der Waals surface area contributed by atoms with Gasteiger partial charge in [0.15, 0.2) is 0 Å². The van der Waals surface area contributed by atoms with Crippen LogP contribution < -0.4 is 10.6 Å². The molecule has 1 heteroatoms. The molecule has 1 unspecified atom stereocenters. The van der Waals surface area contributed by atoms with E-state index >= 15 is 0 Å². The summed E-state index contributed by atoms with van der Waals surface area (Å²) in [5.74, 6) is 0.715. The zero-order valence-corrected chi connectivity index (χ0v) is 8.03. The van der Waals surface area contributed by atoms with Crippen LogP contribution in [-0.2, 0) is 0 Å². The van der Waals surface area contributed by atoms with E-state index in [0.717, 1.165) is 6.54 Å². The summed E-state index contributed by atoms with van der Waals surface area (Å²) in [6, 6.07) is 8.40. The molecular weight excluding hydrogens is 158 g/mol. The lowest BCUT2D eigenvalue weighted by Crippen LogP contribution is -2.23. The van der Waals surface area contributed by atoms with Gasteiger partial charge in [0.25, 0.3) is 0 Å². The van der Waals surface area contributed by atoms with Crippen molar-refractivity contribution < 1.29 is 0 Å². The van der Waals surface area contributed by atoms with Crippen molar-refractivity contribution in [3.63, 3.8) is 0 Å². The molecule has 68 valence electrons. The van der Waals surface area contributed by atoms with Gasteiger partial charge >= 0.3 is 0 Å². The number of fused-ring (bicyclic) bond motifs is 1. The number of rotatable bonds is 1. The van der Waals surface area contributed by atoms with Crippen molar-refractivity contribution in [2.24, 2.45) is 10.9 Å². The quantitative estimate of drug-likeness (QED) is 0.610. The van der Waals surface area contributed by atoms with Gasteiger partial charge in [-0.2, -0.15) is 0 Å². The predicted octanol–water partition coefficient (Wildman–Crippen LogP) is 1.52. The Morgan fingerprint density at radius 1 is 1.38 bits per heavy atom. The van der Waals surface area contributed by atoms with Crippen LogP contribution in [0, 0.1) is 5.92 Å². The summed E-state index contributed by atoms with van der Waals surface area (Å²) < 4.78 is 0. The van der Waals surface area contributed by atoms with Crippen LogP contribution in [-0.4, -0.2) is 6.54 Å². The SMILES string of the molecule is CCC1C=c2ccccc2=NCC1. The van der Waals surface area contributed by atoms with E-state index < -0.39 is 0 Å². The average molecular weight is 173 g/mol. The molecule has 13 heavy (non-hydrogen) atoms. The van der Waals surface area contributed by atoms with Crippen LogP contribution >= 0.6 is 0 Å². The Morgan fingerprint density at radius 3 is 3.08 bits per heavy atom. The minimum absolute atomic E-state index is 0.715. The van der Waals surface area contributed by atoms with Crippen molar-refractivity contribution in [2.45, 2.75) is 19.8 Å². The van der Waals surface area contributed by atoms with Gasteiger partial charge in [-0.05, 0) is 30.0 Å². The summed E-state index contributed by atoms with van der Waals surface area (Å²) >= 11 is 0. The van der Waals surface area contributed by atoms with Crippen molar-refractivity contribution in [1.29, 1.82) is 0 Å². The van der Waals surface area contributed by atoms with Gasteiger partial charge in [0.05, 0.1) is 5.36 Å². The van der Waals surface area contributed by atoms with E-state index in [0.29, 0.717) is 5.92 Å². The molecule has 0 spiro atoms. The molecule has 0 bridgehead atoms. The van der Waals surface area contributed by atoms with E-state index in [2.05, 4.69) is 42.3 Å². The minimum Gasteiger partial charge on any atom is -0.285 e. The highest BCUT2D eigenvalue weighted by molar-refractivity contribution is 5.27. The maximum Gasteiger partial charge on any atom is 0.0643 e. The highest BCUT2D eigenvalue weighted by Crippen LogP contribution is 2.10. The number of nitrogens with zero attached hydrogens (tertiary/aromatic N) is 1. The topological polar surface area (TPSA) is 12.4 Å². The van der Waals surface area contributed by atoms with Crippen LogP contribution in [0.1, 0.15) is 19.8 Å². The summed E-state index contributed by atoms with van der Waals surface area (Å²) in [5.41, 5.74) is 0. The summed E-state index contributed by atoms with van der Waals surface area (Å²) in [7, 11) is 0. The highest BCUT2D eigenvalue weighted by atomic mass is 14.7. The van der Waals surface area contributed by atoms with Crippen LogP contribution in [0.3, 0.4) is 0 Å². The fraction of sp³-hybridized carbons (Fsp3) is 0.417. The average Bonchev–Trinajstić information content (AvgIpc) is 2.38. The van der Waals surface area contributed by atoms with Crippen molar-refractivity contribution in [2.75, 3.05) is 6.54 Å². The molecule has 1 aliphatic heterocycles. The maximum atomic E-state index is 4.55. The van der Waals surface area contributed by atoms with E-state index in [9.17, 15) is 0 Å². The van der Waals surface area contributed by atoms with Gasteiger partial charge in [0.2, 0.25) is 0 Å². The molecule has 0 fully saturated rings. The largest absolute Gasteiger partial charge is 0.285 e. The molecule has 1 aromatic carbocycles. The molecule has 0 radical (unpaired) electrons. The Balaban J connectivity index is 2.56. The molecule has 0 aromatic heterocycles. The molecule has 1 aromatic rings. The van der Waals surface area contributed by atoms with Crippen LogP contribution in [0.25, 0.3) is 6.08 Å². The Hall–Kier alpha value is -1.11. The molecule has 0 N–H and O–H groups in total. The van der Waals surface area contributed by atoms with Crippen LogP contribution in [0.15, 0.2) is 29.3 Å². The second-order valence-electron chi connectivity index (χ2n) is 3.56. The molecule has 1 aliphatic rings. The zero-order valence-electron chi connectivity index (χ0n) is 8.03. The van der Waals surface area contributed by atoms with E-state index in [1.165, 1.54) is 23.4 Å². The van der Waals surface area contributed by atoms with Crippen LogP contribution in [0.4, 0.5) is 0 Å². The van der Waals surface area contributed by atoms with Gasteiger partial charge in [0.1, 0.15) is 0 Å². The summed E-state index contributed by atoms with van der Waals surface area (Å²) in [5, 5.41) is 2.48. The monoisotopic (exact) mass is 173 g/mol. The third-order valence-corrected chi connectivity index (χ3v) is 2.66. The predicted molar refractivity (Wildman–Crippen MR) is 55.0 cm³/mol. The fourth-order valence-electron chi connectivity index (χ4n) is 1.78. The molecule has 2 rings (SSSR count). The summed E-state index contributed by atoms with van der Waals surface area (Å²) in [4.78, 5) is 4.55. The molecule has 0 saturated heterocycles. The first-order valence-electron chi connectivity index (χ1n) is 5.01. The van der Waals surface area contributed by atoms with Crippen molar-refractivity contribution in [3.05, 3.63) is 34.8 Å². The van der Waals surface area contributed by atoms with Gasteiger partial charge in [0, 0.05) is 6.54 Å². The molecule has 1 atom stereocenters. The summed E-state index contributed by atoms with van der Waals surface area (Å²) in [6.07, 6.45) is 4.79. The first kappa shape index (κ1) is 8.49. The zero-order chi connectivity index (χ0) is 9.10. The van der Waals surface area contributed by atoms with Crippen molar-refractivity contribution in [3.8, 4) is 0 Å². The Kier molecular flexibility index (Phi) is 2.44. The normalized spacial score (nSPS) is 20.8. The van der Waals surface area contributed by atoms with Crippen LogP contribution in [0.5, 0.6) is 0 Å². The van der Waals surface area contributed by atoms with Gasteiger partial charge < -0.3 is 0 Å². The van der Waals surface area contributed by atoms with Crippen molar-refractivity contribution >= 4 is 6.08 Å². The van der Waals surface area contributed by atoms with Gasteiger partial charge in [-0.3, -0.25) is 4.99 Å². The molecule has 0 amide bonds. The second kappa shape index (κ2) is 3.73. The highest BCUT2D eigenvalue weighted by Gasteiger charge is 2.04. The summed E-state index contributed by atoms with van der Waals surface area (Å²) in [6.45, 7) is 3.22. The fourth-order valence-corrected chi connectivity index (χ4v) is 1.78. The molecule has 0 aliphatic carbocycles. The molecular formula is C12H15N. The molecule has 1 heterocycles. The van der Waals surface area contributed by atoms with Crippen molar-refractivity contribution in [1.82, 2.24) is 0 Å². The maximum absolute atomic E-state index is 4.55. The number of hydrogen-bond acceptors (Lipinski definition) is 1. The second-order valence-corrected chi connectivity index (χ2v) is 3.56. The third kappa shape index (κ3) is 1.80. The third-order valence-electron chi connectivity index (χ3n) is 2.66.